The second-order valence-corrected chi connectivity index (χ2v) is 3.23. The van der Waals surface area contributed by atoms with Gasteiger partial charge in [0.05, 0.1) is 0 Å². The molecule has 1 N–H and O–H groups in total. The van der Waals surface area contributed by atoms with Gasteiger partial charge in [-0.1, -0.05) is 13.2 Å². The lowest BCUT2D eigenvalue weighted by molar-refractivity contribution is 1.31. The number of rotatable bonds is 2. The van der Waals surface area contributed by atoms with Gasteiger partial charge in [-0.05, 0) is 43.0 Å². The second kappa shape index (κ2) is 3.02. The number of hydrogen-bond acceptors (Lipinski definition) is 0. The van der Waals surface area contributed by atoms with E-state index in [1.165, 1.54) is 11.1 Å². The molecule has 0 unspecified atom stereocenters. The van der Waals surface area contributed by atoms with Gasteiger partial charge in [0.1, 0.15) is 0 Å². The molecule has 0 amide bonds. The van der Waals surface area contributed by atoms with Crippen LogP contribution in [0.1, 0.15) is 23.7 Å². The van der Waals surface area contributed by atoms with E-state index in [1.807, 2.05) is 13.1 Å². The van der Waals surface area contributed by atoms with Gasteiger partial charge in [0.15, 0.2) is 0 Å². The van der Waals surface area contributed by atoms with Crippen molar-refractivity contribution in [3.8, 4) is 0 Å². The number of hydrogen-bond donors (Lipinski definition) is 1. The summed E-state index contributed by atoms with van der Waals surface area (Å²) in [7, 11) is 0. The fraction of sp³-hybridized carbons (Fsp3) is 0.273. The molecule has 0 aliphatic rings. The predicted octanol–water partition coefficient (Wildman–Crippen LogP) is 3.22. The van der Waals surface area contributed by atoms with Crippen molar-refractivity contribution >= 4 is 5.57 Å². The summed E-state index contributed by atoms with van der Waals surface area (Å²) >= 11 is 0. The molecule has 0 fully saturated rings. The average Bonchev–Trinajstić information content (AvgIpc) is 2.32. The molecule has 0 saturated heterocycles. The molecule has 1 nitrogen and oxygen atoms in total. The van der Waals surface area contributed by atoms with E-state index in [-0.39, 0.29) is 0 Å². The highest BCUT2D eigenvalue weighted by Crippen LogP contribution is 2.23. The maximum atomic E-state index is 3.97. The Kier molecular flexibility index (Phi) is 2.22. The first kappa shape index (κ1) is 8.85. The largest absolute Gasteiger partial charge is 0.361 e. The van der Waals surface area contributed by atoms with Crippen LogP contribution in [0.25, 0.3) is 5.57 Å². The Hall–Kier alpha value is -1.24. The van der Waals surface area contributed by atoms with Gasteiger partial charge in [-0.25, -0.2) is 0 Å². The van der Waals surface area contributed by atoms with Crippen LogP contribution in [-0.4, -0.2) is 4.98 Å². The quantitative estimate of drug-likeness (QED) is 0.641. The summed E-state index contributed by atoms with van der Waals surface area (Å²) in [5, 5.41) is 0. The fourth-order valence-corrected chi connectivity index (χ4v) is 1.12. The van der Waals surface area contributed by atoms with E-state index in [0.717, 1.165) is 16.8 Å². The van der Waals surface area contributed by atoms with Gasteiger partial charge >= 0.3 is 0 Å². The van der Waals surface area contributed by atoms with E-state index in [1.54, 1.807) is 0 Å². The zero-order chi connectivity index (χ0) is 9.30. The number of nitrogens with one attached hydrogen (secondary N) is 1. The van der Waals surface area contributed by atoms with Crippen molar-refractivity contribution in [1.29, 1.82) is 0 Å². The van der Waals surface area contributed by atoms with Gasteiger partial charge in [0, 0.05) is 11.9 Å². The van der Waals surface area contributed by atoms with Crippen LogP contribution < -0.4 is 0 Å². The standard InChI is InChI=1S/C11H15N/c1-7(2)9(4)11-10(5)8(3)6-12-11/h6,12H,1,4H2,2-3,5H3. The van der Waals surface area contributed by atoms with E-state index in [9.17, 15) is 0 Å². The molecule has 64 valence electrons. The summed E-state index contributed by atoms with van der Waals surface area (Å²) in [5.74, 6) is 0. The van der Waals surface area contributed by atoms with Crippen molar-refractivity contribution in [3.63, 3.8) is 0 Å². The number of H-pyrrole nitrogens is 1. The van der Waals surface area contributed by atoms with Crippen LogP contribution in [0.4, 0.5) is 0 Å². The van der Waals surface area contributed by atoms with Crippen molar-refractivity contribution in [2.24, 2.45) is 0 Å². The summed E-state index contributed by atoms with van der Waals surface area (Å²) in [6, 6.07) is 0. The Morgan fingerprint density at radius 1 is 1.33 bits per heavy atom. The lowest BCUT2D eigenvalue weighted by atomic mass is 10.0. The molecule has 0 spiro atoms. The second-order valence-electron chi connectivity index (χ2n) is 3.23. The molecule has 1 heteroatoms. The van der Waals surface area contributed by atoms with E-state index in [4.69, 9.17) is 0 Å². The highest BCUT2D eigenvalue weighted by molar-refractivity contribution is 5.76. The van der Waals surface area contributed by atoms with Gasteiger partial charge in [0.25, 0.3) is 0 Å². The molecule has 12 heavy (non-hydrogen) atoms. The van der Waals surface area contributed by atoms with Gasteiger partial charge < -0.3 is 4.98 Å². The minimum Gasteiger partial charge on any atom is -0.361 e. The van der Waals surface area contributed by atoms with Gasteiger partial charge in [-0.2, -0.15) is 0 Å². The Labute approximate surface area is 73.8 Å². The van der Waals surface area contributed by atoms with Crippen molar-refractivity contribution in [3.05, 3.63) is 41.7 Å². The minimum atomic E-state index is 1.00. The van der Waals surface area contributed by atoms with E-state index in [0.29, 0.717) is 0 Å². The smallest absolute Gasteiger partial charge is 0.0482 e. The minimum absolute atomic E-state index is 1.00. The van der Waals surface area contributed by atoms with E-state index in [2.05, 4.69) is 32.0 Å². The van der Waals surface area contributed by atoms with Crippen LogP contribution in [-0.2, 0) is 0 Å². The number of aryl methyl sites for hydroxylation is 1. The molecule has 0 aromatic carbocycles. The highest BCUT2D eigenvalue weighted by atomic mass is 14.7. The zero-order valence-electron chi connectivity index (χ0n) is 7.99. The van der Waals surface area contributed by atoms with Gasteiger partial charge in [-0.15, -0.1) is 0 Å². The summed E-state index contributed by atoms with van der Waals surface area (Å²) < 4.78 is 0. The van der Waals surface area contributed by atoms with Crippen LogP contribution in [0.15, 0.2) is 24.9 Å². The zero-order valence-corrected chi connectivity index (χ0v) is 7.99. The summed E-state index contributed by atoms with van der Waals surface area (Å²) in [4.78, 5) is 3.19. The van der Waals surface area contributed by atoms with Gasteiger partial charge in [-0.3, -0.25) is 0 Å². The van der Waals surface area contributed by atoms with Crippen molar-refractivity contribution in [1.82, 2.24) is 4.98 Å². The Bertz CT molecular complexity index is 329. The van der Waals surface area contributed by atoms with E-state index < -0.39 is 0 Å². The molecule has 1 rings (SSSR count). The molecular formula is C11H15N. The molecule has 1 aromatic heterocycles. The fourth-order valence-electron chi connectivity index (χ4n) is 1.12. The normalized spacial score (nSPS) is 9.92. The molecular weight excluding hydrogens is 146 g/mol. The van der Waals surface area contributed by atoms with Crippen molar-refractivity contribution < 1.29 is 0 Å². The molecule has 0 aliphatic heterocycles. The van der Waals surface area contributed by atoms with Crippen molar-refractivity contribution in [2.75, 3.05) is 0 Å². The maximum Gasteiger partial charge on any atom is 0.0482 e. The SMILES string of the molecule is C=C(C)C(=C)c1[nH]cc(C)c1C. The Morgan fingerprint density at radius 3 is 2.25 bits per heavy atom. The van der Waals surface area contributed by atoms with Crippen LogP contribution in [0, 0.1) is 13.8 Å². The third kappa shape index (κ3) is 1.35. The number of aromatic nitrogens is 1. The monoisotopic (exact) mass is 161 g/mol. The summed E-state index contributed by atoms with van der Waals surface area (Å²) in [6.45, 7) is 14.0. The first-order chi connectivity index (χ1) is 5.54. The molecule has 0 saturated carbocycles. The molecule has 1 aromatic rings. The molecule has 0 aliphatic carbocycles. The molecule has 0 bridgehead atoms. The Morgan fingerprint density at radius 2 is 1.92 bits per heavy atom. The van der Waals surface area contributed by atoms with Gasteiger partial charge in [0.2, 0.25) is 0 Å². The predicted molar refractivity (Wildman–Crippen MR) is 54.1 cm³/mol. The third-order valence-electron chi connectivity index (χ3n) is 2.22. The van der Waals surface area contributed by atoms with Crippen LogP contribution in [0.3, 0.4) is 0 Å². The van der Waals surface area contributed by atoms with Crippen molar-refractivity contribution in [2.45, 2.75) is 20.8 Å². The number of allylic oxidation sites excluding steroid dienone is 2. The first-order valence-corrected chi connectivity index (χ1v) is 4.03. The topological polar surface area (TPSA) is 15.8 Å². The lowest BCUT2D eigenvalue weighted by Crippen LogP contribution is -1.86. The summed E-state index contributed by atoms with van der Waals surface area (Å²) in [5.41, 5.74) is 5.66. The first-order valence-electron chi connectivity index (χ1n) is 4.03. The number of aromatic amines is 1. The lowest BCUT2D eigenvalue weighted by Gasteiger charge is -2.03. The Balaban J connectivity index is 3.12. The van der Waals surface area contributed by atoms with E-state index >= 15 is 0 Å². The van der Waals surface area contributed by atoms with Crippen LogP contribution in [0.5, 0.6) is 0 Å². The molecule has 0 atom stereocenters. The molecule has 1 heterocycles. The maximum absolute atomic E-state index is 3.97. The highest BCUT2D eigenvalue weighted by Gasteiger charge is 2.06. The average molecular weight is 161 g/mol. The third-order valence-corrected chi connectivity index (χ3v) is 2.22. The van der Waals surface area contributed by atoms with Crippen LogP contribution in [0.2, 0.25) is 0 Å². The molecule has 0 radical (unpaired) electrons. The summed E-state index contributed by atoms with van der Waals surface area (Å²) in [6.07, 6.45) is 2.00. The van der Waals surface area contributed by atoms with Crippen LogP contribution >= 0.6 is 0 Å².